The number of hydrogen-bond acceptors (Lipinski definition) is 8. The first-order valence-electron chi connectivity index (χ1n) is 8.68. The predicted octanol–water partition coefficient (Wildman–Crippen LogP) is 3.82. The van der Waals surface area contributed by atoms with Crippen molar-refractivity contribution in [1.82, 2.24) is 9.78 Å². The van der Waals surface area contributed by atoms with Crippen molar-refractivity contribution >= 4 is 46.2 Å². The second-order valence-electron chi connectivity index (χ2n) is 5.81. The van der Waals surface area contributed by atoms with E-state index in [-0.39, 0.29) is 35.9 Å². The van der Waals surface area contributed by atoms with Crippen LogP contribution in [0.3, 0.4) is 0 Å². The maximum absolute atomic E-state index is 12.5. The van der Waals surface area contributed by atoms with Gasteiger partial charge in [0.25, 0.3) is 5.91 Å². The number of carbonyl (C=O) groups excluding carboxylic acids is 3. The molecule has 28 heavy (non-hydrogen) atoms. The molecule has 0 aromatic carbocycles. The first kappa shape index (κ1) is 19.6. The third-order valence-electron chi connectivity index (χ3n) is 3.74. The van der Waals surface area contributed by atoms with Gasteiger partial charge in [-0.1, -0.05) is 6.92 Å². The fourth-order valence-corrected chi connectivity index (χ4v) is 3.27. The Labute approximate surface area is 164 Å². The molecule has 9 nitrogen and oxygen atoms in total. The van der Waals surface area contributed by atoms with Gasteiger partial charge in [0.1, 0.15) is 5.52 Å². The lowest BCUT2D eigenvalue weighted by atomic mass is 10.3. The molecule has 1 N–H and O–H groups in total. The molecule has 10 heteroatoms. The van der Waals surface area contributed by atoms with Crippen LogP contribution in [0.25, 0.3) is 11.1 Å². The maximum Gasteiger partial charge on any atom is 0.435 e. The van der Waals surface area contributed by atoms with E-state index in [9.17, 15) is 14.4 Å². The van der Waals surface area contributed by atoms with Gasteiger partial charge in [-0.15, -0.1) is 16.4 Å². The van der Waals surface area contributed by atoms with E-state index in [0.29, 0.717) is 11.3 Å². The van der Waals surface area contributed by atoms with Crippen LogP contribution < -0.4 is 5.32 Å². The molecule has 3 rings (SSSR count). The zero-order valence-corrected chi connectivity index (χ0v) is 16.4. The number of aryl methyl sites for hydroxylation is 1. The van der Waals surface area contributed by atoms with Crippen molar-refractivity contribution in [2.24, 2.45) is 0 Å². The Morgan fingerprint density at radius 3 is 2.71 bits per heavy atom. The Balaban J connectivity index is 1.99. The summed E-state index contributed by atoms with van der Waals surface area (Å²) < 4.78 is 16.5. The lowest BCUT2D eigenvalue weighted by Gasteiger charge is -2.03. The molecule has 1 amide bonds. The Kier molecular flexibility index (Phi) is 5.78. The van der Waals surface area contributed by atoms with Crippen LogP contribution in [0, 0.1) is 6.92 Å². The van der Waals surface area contributed by atoms with E-state index < -0.39 is 18.0 Å². The molecule has 0 spiro atoms. The molecule has 0 saturated heterocycles. The van der Waals surface area contributed by atoms with Gasteiger partial charge in [0.2, 0.25) is 5.76 Å². The average molecular weight is 405 g/mol. The van der Waals surface area contributed by atoms with Crippen LogP contribution in [0.15, 0.2) is 21.9 Å². The number of fused-ring (bicyclic) bond motifs is 1. The number of furan rings is 1. The summed E-state index contributed by atoms with van der Waals surface area (Å²) in [7, 11) is 0. The quantitative estimate of drug-likeness (QED) is 0.620. The number of amides is 1. The van der Waals surface area contributed by atoms with Gasteiger partial charge in [-0.3, -0.25) is 4.79 Å². The van der Waals surface area contributed by atoms with Crippen molar-refractivity contribution in [2.45, 2.75) is 27.2 Å². The van der Waals surface area contributed by atoms with E-state index in [1.54, 1.807) is 12.3 Å². The van der Waals surface area contributed by atoms with Gasteiger partial charge >= 0.3 is 12.1 Å². The van der Waals surface area contributed by atoms with Crippen molar-refractivity contribution in [3.05, 3.63) is 33.7 Å². The van der Waals surface area contributed by atoms with Crippen LogP contribution >= 0.6 is 11.3 Å². The number of aromatic nitrogens is 2. The maximum atomic E-state index is 12.5. The van der Waals surface area contributed by atoms with Crippen molar-refractivity contribution in [2.75, 3.05) is 18.5 Å². The highest BCUT2D eigenvalue weighted by Crippen LogP contribution is 2.28. The second-order valence-corrected chi connectivity index (χ2v) is 6.72. The molecule has 3 aromatic heterocycles. The van der Waals surface area contributed by atoms with Crippen LogP contribution in [0.2, 0.25) is 0 Å². The van der Waals surface area contributed by atoms with E-state index in [1.807, 2.05) is 19.9 Å². The van der Waals surface area contributed by atoms with E-state index in [0.717, 1.165) is 10.2 Å². The van der Waals surface area contributed by atoms with Crippen molar-refractivity contribution in [1.29, 1.82) is 0 Å². The van der Waals surface area contributed by atoms with Crippen LogP contribution in [0.5, 0.6) is 0 Å². The Hall–Kier alpha value is -3.14. The first-order chi connectivity index (χ1) is 13.5. The molecular weight excluding hydrogens is 386 g/mol. The zero-order valence-electron chi connectivity index (χ0n) is 15.6. The Morgan fingerprint density at radius 1 is 1.29 bits per heavy atom. The molecule has 0 aliphatic carbocycles. The summed E-state index contributed by atoms with van der Waals surface area (Å²) in [5, 5.41) is 8.50. The fraction of sp³-hybridized carbons (Fsp3) is 0.333. The van der Waals surface area contributed by atoms with Crippen LogP contribution in [-0.2, 0) is 9.47 Å². The summed E-state index contributed by atoms with van der Waals surface area (Å²) >= 11 is 1.28. The first-order valence-corrected chi connectivity index (χ1v) is 9.56. The van der Waals surface area contributed by atoms with E-state index in [1.165, 1.54) is 17.4 Å². The monoisotopic (exact) mass is 405 g/mol. The van der Waals surface area contributed by atoms with E-state index in [4.69, 9.17) is 13.9 Å². The number of thiophene rings is 1. The molecule has 0 saturated carbocycles. The van der Waals surface area contributed by atoms with Crippen LogP contribution in [0.4, 0.5) is 10.6 Å². The minimum atomic E-state index is -0.755. The van der Waals surface area contributed by atoms with Crippen LogP contribution in [-0.4, -0.2) is 41.0 Å². The minimum Gasteiger partial charge on any atom is -0.460 e. The molecule has 3 aromatic rings. The zero-order chi connectivity index (χ0) is 20.3. The molecule has 0 aliphatic rings. The number of hydrogen-bond donors (Lipinski definition) is 1. The topological polar surface area (TPSA) is 113 Å². The summed E-state index contributed by atoms with van der Waals surface area (Å²) in [5.41, 5.74) is 1.09. The molecule has 148 valence electrons. The van der Waals surface area contributed by atoms with Gasteiger partial charge in [0.05, 0.1) is 18.1 Å². The molecule has 0 fully saturated rings. The van der Waals surface area contributed by atoms with Gasteiger partial charge < -0.3 is 19.2 Å². The third-order valence-corrected chi connectivity index (χ3v) is 4.75. The Bertz CT molecular complexity index is 1030. The molecule has 0 aliphatic heterocycles. The summed E-state index contributed by atoms with van der Waals surface area (Å²) in [6.45, 7) is 5.71. The van der Waals surface area contributed by atoms with Crippen molar-refractivity contribution in [3.63, 3.8) is 0 Å². The van der Waals surface area contributed by atoms with Crippen LogP contribution in [0.1, 0.15) is 46.1 Å². The third kappa shape index (κ3) is 3.77. The summed E-state index contributed by atoms with van der Waals surface area (Å²) in [4.78, 5) is 37.3. The normalized spacial score (nSPS) is 10.8. The molecule has 0 atom stereocenters. The smallest absolute Gasteiger partial charge is 0.435 e. The van der Waals surface area contributed by atoms with E-state index >= 15 is 0 Å². The van der Waals surface area contributed by atoms with E-state index in [2.05, 4.69) is 10.4 Å². The molecule has 0 unspecified atom stereocenters. The number of carbonyl (C=O) groups is 3. The summed E-state index contributed by atoms with van der Waals surface area (Å²) in [6, 6.07) is 3.16. The number of ether oxygens (including phenoxy) is 2. The Morgan fingerprint density at radius 2 is 2.07 bits per heavy atom. The number of esters is 1. The molecule has 0 radical (unpaired) electrons. The SMILES string of the molecule is CCCOC(=O)c1cc2c(o1)c(NC(=O)c1sccc1C)nn2C(=O)OCC. The molecule has 3 heterocycles. The van der Waals surface area contributed by atoms with Crippen molar-refractivity contribution < 1.29 is 28.3 Å². The highest BCUT2D eigenvalue weighted by molar-refractivity contribution is 7.12. The number of anilines is 1. The van der Waals surface area contributed by atoms with Gasteiger partial charge in [0, 0.05) is 6.07 Å². The average Bonchev–Trinajstić information content (AvgIpc) is 3.36. The lowest BCUT2D eigenvalue weighted by Crippen LogP contribution is -2.16. The highest BCUT2D eigenvalue weighted by atomic mass is 32.1. The summed E-state index contributed by atoms with van der Waals surface area (Å²) in [5.74, 6) is -1.15. The standard InChI is InChI=1S/C18H19N3O6S/c1-4-7-26-17(23)12-9-11-13(27-12)15(20-21(11)18(24)25-5-2)19-16(22)14-10(3)6-8-28-14/h6,8-9H,4-5,7H2,1-3H3,(H,19,20,22). The second kappa shape index (κ2) is 8.26. The summed E-state index contributed by atoms with van der Waals surface area (Å²) in [6.07, 6.45) is -0.0982. The molecule has 0 bridgehead atoms. The van der Waals surface area contributed by atoms with Gasteiger partial charge in [-0.05, 0) is 37.3 Å². The van der Waals surface area contributed by atoms with Gasteiger partial charge in [0.15, 0.2) is 11.4 Å². The highest BCUT2D eigenvalue weighted by Gasteiger charge is 2.26. The predicted molar refractivity (Wildman–Crippen MR) is 102 cm³/mol. The lowest BCUT2D eigenvalue weighted by molar-refractivity contribution is 0.0471. The molecular formula is C18H19N3O6S. The van der Waals surface area contributed by atoms with Crippen molar-refractivity contribution in [3.8, 4) is 0 Å². The van der Waals surface area contributed by atoms with Gasteiger partial charge in [-0.25, -0.2) is 9.59 Å². The number of rotatable bonds is 6. The van der Waals surface area contributed by atoms with Gasteiger partial charge in [-0.2, -0.15) is 4.68 Å². The largest absolute Gasteiger partial charge is 0.460 e. The number of nitrogens with one attached hydrogen (secondary N) is 1. The fourth-order valence-electron chi connectivity index (χ4n) is 2.45. The minimum absolute atomic E-state index is 0.00962. The number of nitrogens with zero attached hydrogens (tertiary/aromatic N) is 2.